The van der Waals surface area contributed by atoms with Crippen molar-refractivity contribution in [3.8, 4) is 0 Å². The van der Waals surface area contributed by atoms with Crippen LogP contribution in [0.3, 0.4) is 0 Å². The third kappa shape index (κ3) is 3.46. The van der Waals surface area contributed by atoms with Crippen LogP contribution in [0.1, 0.15) is 40.7 Å². The van der Waals surface area contributed by atoms with Gasteiger partial charge in [0.15, 0.2) is 5.78 Å². The lowest BCUT2D eigenvalue weighted by molar-refractivity contribution is -0.116. The Morgan fingerprint density at radius 2 is 1.67 bits per heavy atom. The molecule has 0 unspecified atom stereocenters. The summed E-state index contributed by atoms with van der Waals surface area (Å²) in [6.07, 6.45) is 1.19. The van der Waals surface area contributed by atoms with E-state index >= 15 is 0 Å². The number of allylic oxidation sites excluding steroid dienone is 1. The van der Waals surface area contributed by atoms with Crippen molar-refractivity contribution in [2.24, 2.45) is 0 Å². The van der Waals surface area contributed by atoms with Crippen molar-refractivity contribution in [3.63, 3.8) is 0 Å². The number of benzene rings is 3. The molecule has 5 rings (SSSR count). The summed E-state index contributed by atoms with van der Waals surface area (Å²) in [5.74, 6) is -0.0258. The van der Waals surface area contributed by atoms with Gasteiger partial charge in [-0.15, -0.1) is 11.8 Å². The molecule has 0 aromatic heterocycles. The van der Waals surface area contributed by atoms with Gasteiger partial charge in [-0.2, -0.15) is 0 Å². The van der Waals surface area contributed by atoms with E-state index in [0.29, 0.717) is 6.42 Å². The number of carbonyl (C=O) groups excluding carboxylic acids is 1. The van der Waals surface area contributed by atoms with E-state index in [9.17, 15) is 9.18 Å². The standard InChI is InChI=1S/C26H22FNOS/c1-16-6-2-3-7-20(16)26-25-22(28-21-8-4-5-9-24(21)30-26)14-18(15-23(25)29)17-10-12-19(27)13-11-17/h2-13,18,26,28H,14-15H2,1H3/t18-,26-/m0/s1. The second kappa shape index (κ2) is 7.77. The average Bonchev–Trinajstić information content (AvgIpc) is 2.91. The molecule has 0 saturated heterocycles. The molecule has 1 aliphatic carbocycles. The second-order valence-electron chi connectivity index (χ2n) is 7.95. The molecule has 0 radical (unpaired) electrons. The maximum Gasteiger partial charge on any atom is 0.162 e. The molecule has 30 heavy (non-hydrogen) atoms. The molecule has 0 spiro atoms. The van der Waals surface area contributed by atoms with Crippen LogP contribution in [0, 0.1) is 12.7 Å². The van der Waals surface area contributed by atoms with Crippen LogP contribution < -0.4 is 5.32 Å². The monoisotopic (exact) mass is 415 g/mol. The molecular formula is C26H22FNOS. The van der Waals surface area contributed by atoms with Crippen molar-refractivity contribution in [1.29, 1.82) is 0 Å². The molecule has 3 aromatic carbocycles. The first-order chi connectivity index (χ1) is 14.6. The van der Waals surface area contributed by atoms with Gasteiger partial charge in [-0.3, -0.25) is 4.79 Å². The summed E-state index contributed by atoms with van der Waals surface area (Å²) < 4.78 is 13.4. The summed E-state index contributed by atoms with van der Waals surface area (Å²) in [5, 5.41) is 3.54. The molecule has 1 aliphatic heterocycles. The third-order valence-corrected chi connectivity index (χ3v) is 7.34. The van der Waals surface area contributed by atoms with Gasteiger partial charge in [-0.25, -0.2) is 4.39 Å². The highest BCUT2D eigenvalue weighted by molar-refractivity contribution is 8.00. The fourth-order valence-corrected chi connectivity index (χ4v) is 5.89. The second-order valence-corrected chi connectivity index (χ2v) is 9.09. The first-order valence-corrected chi connectivity index (χ1v) is 11.1. The van der Waals surface area contributed by atoms with E-state index < -0.39 is 0 Å². The molecular weight excluding hydrogens is 393 g/mol. The Morgan fingerprint density at radius 1 is 0.933 bits per heavy atom. The zero-order valence-electron chi connectivity index (χ0n) is 16.7. The number of halogens is 1. The van der Waals surface area contributed by atoms with Crippen molar-refractivity contribution < 1.29 is 9.18 Å². The number of hydrogen-bond acceptors (Lipinski definition) is 3. The average molecular weight is 416 g/mol. The zero-order valence-corrected chi connectivity index (χ0v) is 17.5. The fourth-order valence-electron chi connectivity index (χ4n) is 4.45. The highest BCUT2D eigenvalue weighted by Crippen LogP contribution is 2.51. The largest absolute Gasteiger partial charge is 0.358 e. The molecule has 0 fully saturated rings. The minimum Gasteiger partial charge on any atom is -0.358 e. The van der Waals surface area contributed by atoms with Crippen molar-refractivity contribution in [3.05, 3.63) is 107 Å². The van der Waals surface area contributed by atoms with E-state index in [2.05, 4.69) is 36.5 Å². The predicted molar refractivity (Wildman–Crippen MR) is 120 cm³/mol. The van der Waals surface area contributed by atoms with Crippen molar-refractivity contribution in [2.75, 3.05) is 5.32 Å². The lowest BCUT2D eigenvalue weighted by Crippen LogP contribution is -2.24. The van der Waals surface area contributed by atoms with Gasteiger partial charge in [0.2, 0.25) is 0 Å². The van der Waals surface area contributed by atoms with Crippen molar-refractivity contribution in [2.45, 2.75) is 35.8 Å². The first-order valence-electron chi connectivity index (χ1n) is 10.2. The summed E-state index contributed by atoms with van der Waals surface area (Å²) in [7, 11) is 0. The number of rotatable bonds is 2. The molecule has 0 bridgehead atoms. The summed E-state index contributed by atoms with van der Waals surface area (Å²) in [4.78, 5) is 14.6. The fraction of sp³-hybridized carbons (Fsp3) is 0.192. The Morgan fingerprint density at radius 3 is 2.47 bits per heavy atom. The summed E-state index contributed by atoms with van der Waals surface area (Å²) in [6, 6.07) is 23.1. The molecule has 2 atom stereocenters. The van der Waals surface area contributed by atoms with Gasteiger partial charge in [0.25, 0.3) is 0 Å². The van der Waals surface area contributed by atoms with Gasteiger partial charge in [-0.05, 0) is 60.2 Å². The maximum atomic E-state index is 13.5. The minimum absolute atomic E-state index is 0.0426. The van der Waals surface area contributed by atoms with E-state index in [4.69, 9.17) is 0 Å². The number of hydrogen-bond donors (Lipinski definition) is 1. The molecule has 4 heteroatoms. The highest BCUT2D eigenvalue weighted by atomic mass is 32.2. The number of nitrogens with one attached hydrogen (secondary N) is 1. The lowest BCUT2D eigenvalue weighted by atomic mass is 9.79. The highest BCUT2D eigenvalue weighted by Gasteiger charge is 2.36. The summed E-state index contributed by atoms with van der Waals surface area (Å²) in [6.45, 7) is 2.11. The maximum absolute atomic E-state index is 13.5. The molecule has 2 nitrogen and oxygen atoms in total. The molecule has 150 valence electrons. The van der Waals surface area contributed by atoms with Gasteiger partial charge in [0.05, 0.1) is 10.9 Å². The Kier molecular flexibility index (Phi) is 4.95. The van der Waals surface area contributed by atoms with Gasteiger partial charge in [-0.1, -0.05) is 48.5 Å². The smallest absolute Gasteiger partial charge is 0.162 e. The number of aryl methyl sites for hydroxylation is 1. The summed E-state index contributed by atoms with van der Waals surface area (Å²) >= 11 is 1.74. The van der Waals surface area contributed by atoms with Gasteiger partial charge >= 0.3 is 0 Å². The summed E-state index contributed by atoms with van der Waals surface area (Å²) in [5.41, 5.74) is 6.29. The number of fused-ring (bicyclic) bond motifs is 1. The molecule has 0 saturated carbocycles. The lowest BCUT2D eigenvalue weighted by Gasteiger charge is -2.30. The first kappa shape index (κ1) is 19.1. The van der Waals surface area contributed by atoms with Crippen LogP contribution in [0.2, 0.25) is 0 Å². The SMILES string of the molecule is Cc1ccccc1[C@@H]1Sc2ccccc2NC2=C1C(=O)C[C@@H](c1ccc(F)cc1)C2. The van der Waals surface area contributed by atoms with Crippen LogP contribution >= 0.6 is 11.8 Å². The molecule has 1 heterocycles. The quantitative estimate of drug-likeness (QED) is 0.499. The van der Waals surface area contributed by atoms with Crippen LogP contribution in [0.4, 0.5) is 10.1 Å². The molecule has 3 aromatic rings. The third-order valence-electron chi connectivity index (χ3n) is 6.00. The van der Waals surface area contributed by atoms with Crippen LogP contribution in [0.15, 0.2) is 89.0 Å². The van der Waals surface area contributed by atoms with Crippen LogP contribution in [-0.4, -0.2) is 5.78 Å². The molecule has 2 aliphatic rings. The number of carbonyl (C=O) groups is 1. The Balaban J connectivity index is 1.62. The van der Waals surface area contributed by atoms with Gasteiger partial charge in [0.1, 0.15) is 5.82 Å². The van der Waals surface area contributed by atoms with Crippen LogP contribution in [-0.2, 0) is 4.79 Å². The van der Waals surface area contributed by atoms with Crippen LogP contribution in [0.5, 0.6) is 0 Å². The van der Waals surface area contributed by atoms with E-state index in [1.807, 2.05) is 24.3 Å². The zero-order chi connectivity index (χ0) is 20.7. The Hall–Kier alpha value is -2.85. The van der Waals surface area contributed by atoms with E-state index in [1.54, 1.807) is 23.9 Å². The molecule has 0 amide bonds. The van der Waals surface area contributed by atoms with Crippen LogP contribution in [0.25, 0.3) is 0 Å². The van der Waals surface area contributed by atoms with E-state index in [-0.39, 0.29) is 22.8 Å². The van der Waals surface area contributed by atoms with Crippen molar-refractivity contribution >= 4 is 23.2 Å². The van der Waals surface area contributed by atoms with Gasteiger partial charge < -0.3 is 5.32 Å². The minimum atomic E-state index is -0.252. The van der Waals surface area contributed by atoms with Gasteiger partial charge in [0, 0.05) is 22.6 Å². The number of Topliss-reactive ketones (excluding diaryl/α,β-unsaturated/α-hetero) is 1. The number of para-hydroxylation sites is 1. The Labute approximate surface area is 180 Å². The number of ketones is 1. The van der Waals surface area contributed by atoms with E-state index in [0.717, 1.165) is 33.8 Å². The topological polar surface area (TPSA) is 29.1 Å². The Bertz CT molecular complexity index is 1150. The van der Waals surface area contributed by atoms with E-state index in [1.165, 1.54) is 23.3 Å². The number of thioether (sulfide) groups is 1. The normalized spacial score (nSPS) is 20.8. The van der Waals surface area contributed by atoms with Crippen molar-refractivity contribution in [1.82, 2.24) is 0 Å². The predicted octanol–water partition coefficient (Wildman–Crippen LogP) is 6.79. The number of anilines is 1. The molecule has 1 N–H and O–H groups in total.